The maximum Gasteiger partial charge on any atom is 0.160 e. The van der Waals surface area contributed by atoms with Gasteiger partial charge in [-0.05, 0) is 39.0 Å². The van der Waals surface area contributed by atoms with Gasteiger partial charge in [-0.25, -0.2) is 0 Å². The van der Waals surface area contributed by atoms with Crippen LogP contribution in [0.3, 0.4) is 0 Å². The number of rotatable bonds is 5. The average molecular weight is 265 g/mol. The number of ketones is 1. The van der Waals surface area contributed by atoms with Crippen molar-refractivity contribution in [2.45, 2.75) is 79.2 Å². The van der Waals surface area contributed by atoms with E-state index in [9.17, 15) is 4.79 Å². The minimum absolute atomic E-state index is 0.0328. The van der Waals surface area contributed by atoms with E-state index in [1.807, 2.05) is 0 Å². The van der Waals surface area contributed by atoms with Crippen molar-refractivity contribution < 1.29 is 4.79 Å². The Bertz CT molecular complexity index is 347. The molecule has 0 saturated heterocycles. The highest BCUT2D eigenvalue weighted by Gasteiger charge is 2.34. The zero-order valence-electron chi connectivity index (χ0n) is 13.7. The van der Waals surface area contributed by atoms with Gasteiger partial charge in [-0.15, -0.1) is 0 Å². The summed E-state index contributed by atoms with van der Waals surface area (Å²) < 4.78 is 0. The first-order valence-corrected chi connectivity index (χ1v) is 7.71. The van der Waals surface area contributed by atoms with Crippen LogP contribution in [0.5, 0.6) is 0 Å². The molecule has 110 valence electrons. The Kier molecular flexibility index (Phi) is 5.23. The normalized spacial score (nSPS) is 19.3. The summed E-state index contributed by atoms with van der Waals surface area (Å²) in [6.07, 6.45) is 7.26. The third-order valence-electron chi connectivity index (χ3n) is 4.16. The predicted molar refractivity (Wildman–Crippen MR) is 82.1 cm³/mol. The molecule has 0 amide bonds. The summed E-state index contributed by atoms with van der Waals surface area (Å²) in [5.74, 6) is 0.354. The summed E-state index contributed by atoms with van der Waals surface area (Å²) in [5, 5.41) is 0. The standard InChI is InChI=1S/C17H31NO/c1-7-8-9-10-15(19)14-13-18(16(2,3)4)12-11-17(14,5)6/h13H,7-12H2,1-6H3. The lowest BCUT2D eigenvalue weighted by atomic mass is 9.76. The largest absolute Gasteiger partial charge is 0.372 e. The van der Waals surface area contributed by atoms with Gasteiger partial charge in [0.2, 0.25) is 0 Å². The summed E-state index contributed by atoms with van der Waals surface area (Å²) in [4.78, 5) is 14.8. The van der Waals surface area contributed by atoms with E-state index in [4.69, 9.17) is 0 Å². The first kappa shape index (κ1) is 16.3. The molecule has 0 spiro atoms. The second-order valence-electron chi connectivity index (χ2n) is 7.42. The number of Topliss-reactive ketones (excluding diaryl/α,β-unsaturated/α-hetero) is 1. The number of unbranched alkanes of at least 4 members (excludes halogenated alkanes) is 2. The molecule has 1 aliphatic heterocycles. The number of nitrogens with zero attached hydrogens (tertiary/aromatic N) is 1. The Morgan fingerprint density at radius 2 is 1.95 bits per heavy atom. The Morgan fingerprint density at radius 1 is 1.32 bits per heavy atom. The van der Waals surface area contributed by atoms with Crippen LogP contribution in [0.4, 0.5) is 0 Å². The van der Waals surface area contributed by atoms with Crippen LogP contribution in [-0.2, 0) is 4.79 Å². The molecule has 1 rings (SSSR count). The zero-order valence-corrected chi connectivity index (χ0v) is 13.7. The van der Waals surface area contributed by atoms with E-state index in [1.165, 1.54) is 6.42 Å². The molecule has 0 aromatic heterocycles. The van der Waals surface area contributed by atoms with Gasteiger partial charge in [0.05, 0.1) is 0 Å². The summed E-state index contributed by atoms with van der Waals surface area (Å²) >= 11 is 0. The van der Waals surface area contributed by atoms with Crippen molar-refractivity contribution >= 4 is 5.78 Å². The summed E-state index contributed by atoms with van der Waals surface area (Å²) in [7, 11) is 0. The first-order chi connectivity index (χ1) is 8.68. The third-order valence-corrected chi connectivity index (χ3v) is 4.16. The van der Waals surface area contributed by atoms with Crippen molar-refractivity contribution in [3.05, 3.63) is 11.8 Å². The summed E-state index contributed by atoms with van der Waals surface area (Å²) in [6.45, 7) is 14.3. The van der Waals surface area contributed by atoms with Crippen LogP contribution in [0, 0.1) is 5.41 Å². The van der Waals surface area contributed by atoms with Crippen molar-refractivity contribution in [2.24, 2.45) is 5.41 Å². The molecule has 2 nitrogen and oxygen atoms in total. The maximum atomic E-state index is 12.5. The van der Waals surface area contributed by atoms with Gasteiger partial charge in [-0.2, -0.15) is 0 Å². The van der Waals surface area contributed by atoms with Crippen LogP contribution in [0.2, 0.25) is 0 Å². The van der Waals surface area contributed by atoms with Crippen molar-refractivity contribution in [1.82, 2.24) is 4.90 Å². The molecule has 0 aromatic carbocycles. The first-order valence-electron chi connectivity index (χ1n) is 7.71. The fraction of sp³-hybridized carbons (Fsp3) is 0.824. The van der Waals surface area contributed by atoms with Crippen molar-refractivity contribution in [3.63, 3.8) is 0 Å². The SMILES string of the molecule is CCCCCC(=O)C1=CN(C(C)(C)C)CCC1(C)C. The van der Waals surface area contributed by atoms with E-state index in [2.05, 4.69) is 52.6 Å². The van der Waals surface area contributed by atoms with Crippen molar-refractivity contribution in [1.29, 1.82) is 0 Å². The van der Waals surface area contributed by atoms with Gasteiger partial charge in [-0.3, -0.25) is 4.79 Å². The van der Waals surface area contributed by atoms with Crippen molar-refractivity contribution in [2.75, 3.05) is 6.54 Å². The highest BCUT2D eigenvalue weighted by Crippen LogP contribution is 2.37. The van der Waals surface area contributed by atoms with E-state index in [1.54, 1.807) is 0 Å². The quantitative estimate of drug-likeness (QED) is 0.680. The molecule has 0 bridgehead atoms. The molecule has 0 radical (unpaired) electrons. The Hall–Kier alpha value is -0.790. The molecule has 1 aliphatic rings. The minimum Gasteiger partial charge on any atom is -0.372 e. The fourth-order valence-electron chi connectivity index (χ4n) is 2.58. The lowest BCUT2D eigenvalue weighted by Gasteiger charge is -2.43. The number of carbonyl (C=O) groups excluding carboxylic acids is 1. The average Bonchev–Trinajstić information content (AvgIpc) is 2.27. The van der Waals surface area contributed by atoms with Crippen LogP contribution < -0.4 is 0 Å². The molecule has 1 heterocycles. The lowest BCUT2D eigenvalue weighted by Crippen LogP contribution is -2.44. The van der Waals surface area contributed by atoms with Crippen LogP contribution in [0.1, 0.15) is 73.6 Å². The molecule has 0 aliphatic carbocycles. The van der Waals surface area contributed by atoms with Gasteiger partial charge in [0.15, 0.2) is 5.78 Å². The maximum absolute atomic E-state index is 12.5. The van der Waals surface area contributed by atoms with Crippen LogP contribution in [0.25, 0.3) is 0 Å². The highest BCUT2D eigenvalue weighted by atomic mass is 16.1. The van der Waals surface area contributed by atoms with Crippen molar-refractivity contribution in [3.8, 4) is 0 Å². The van der Waals surface area contributed by atoms with Gasteiger partial charge in [0, 0.05) is 30.3 Å². The molecular weight excluding hydrogens is 234 g/mol. The molecule has 2 heteroatoms. The second kappa shape index (κ2) is 6.11. The summed E-state index contributed by atoms with van der Waals surface area (Å²) in [6, 6.07) is 0. The molecular formula is C17H31NO. The van der Waals surface area contributed by atoms with Gasteiger partial charge in [-0.1, -0.05) is 33.6 Å². The molecule has 0 atom stereocenters. The fourth-order valence-corrected chi connectivity index (χ4v) is 2.58. The molecule has 0 saturated carbocycles. The number of hydrogen-bond acceptors (Lipinski definition) is 2. The molecule has 0 aromatic rings. The van der Waals surface area contributed by atoms with Crippen LogP contribution in [-0.4, -0.2) is 22.8 Å². The Labute approximate surface area is 119 Å². The van der Waals surface area contributed by atoms with Gasteiger partial charge in [0.25, 0.3) is 0 Å². The minimum atomic E-state index is 0.0328. The van der Waals surface area contributed by atoms with E-state index >= 15 is 0 Å². The lowest BCUT2D eigenvalue weighted by molar-refractivity contribution is -0.117. The third kappa shape index (κ3) is 4.36. The predicted octanol–water partition coefficient (Wildman–Crippen LogP) is 4.55. The van der Waals surface area contributed by atoms with Crippen LogP contribution in [0.15, 0.2) is 11.8 Å². The molecule has 0 N–H and O–H groups in total. The molecule has 0 unspecified atom stereocenters. The Balaban J connectivity index is 2.85. The number of allylic oxidation sites excluding steroid dienone is 1. The number of carbonyl (C=O) groups is 1. The van der Waals surface area contributed by atoms with Gasteiger partial charge >= 0.3 is 0 Å². The van der Waals surface area contributed by atoms with E-state index in [0.717, 1.165) is 31.4 Å². The van der Waals surface area contributed by atoms with E-state index < -0.39 is 0 Å². The zero-order chi connectivity index (χ0) is 14.7. The smallest absolute Gasteiger partial charge is 0.160 e. The topological polar surface area (TPSA) is 20.3 Å². The van der Waals surface area contributed by atoms with Gasteiger partial charge in [0.1, 0.15) is 0 Å². The van der Waals surface area contributed by atoms with E-state index in [0.29, 0.717) is 12.2 Å². The van der Waals surface area contributed by atoms with E-state index in [-0.39, 0.29) is 11.0 Å². The molecule has 0 fully saturated rings. The van der Waals surface area contributed by atoms with Gasteiger partial charge < -0.3 is 4.90 Å². The molecule has 19 heavy (non-hydrogen) atoms. The summed E-state index contributed by atoms with van der Waals surface area (Å²) in [5.41, 5.74) is 1.17. The second-order valence-corrected chi connectivity index (χ2v) is 7.42. The van der Waals surface area contributed by atoms with Crippen LogP contribution >= 0.6 is 0 Å². The highest BCUT2D eigenvalue weighted by molar-refractivity contribution is 5.96. The Morgan fingerprint density at radius 3 is 2.47 bits per heavy atom. The number of hydrogen-bond donors (Lipinski definition) is 0. The monoisotopic (exact) mass is 265 g/mol.